The summed E-state index contributed by atoms with van der Waals surface area (Å²) in [4.78, 5) is 13.9. The summed E-state index contributed by atoms with van der Waals surface area (Å²) >= 11 is 0. The molecule has 0 atom stereocenters. The second-order valence-electron chi connectivity index (χ2n) is 5.11. The lowest BCUT2D eigenvalue weighted by molar-refractivity contribution is -0.122. The third-order valence-electron chi connectivity index (χ3n) is 3.28. The Morgan fingerprint density at radius 2 is 2.05 bits per heavy atom. The second kappa shape index (κ2) is 10.2. The molecule has 5 nitrogen and oxygen atoms in total. The fourth-order valence-corrected chi connectivity index (χ4v) is 2.09. The van der Waals surface area contributed by atoms with Gasteiger partial charge in [-0.05, 0) is 38.9 Å². The molecule has 0 saturated carbocycles. The normalized spacial score (nSPS) is 10.7. The lowest BCUT2D eigenvalue weighted by Crippen LogP contribution is -2.35. The average molecular weight is 294 g/mol. The molecule has 1 aromatic carbocycles. The highest BCUT2D eigenvalue weighted by molar-refractivity contribution is 5.78. The lowest BCUT2D eigenvalue weighted by Gasteiger charge is -2.16. The van der Waals surface area contributed by atoms with E-state index in [1.807, 2.05) is 36.2 Å². The third-order valence-corrected chi connectivity index (χ3v) is 3.28. The molecule has 0 radical (unpaired) electrons. The Hall–Kier alpha value is -1.59. The zero-order valence-electron chi connectivity index (χ0n) is 13.0. The summed E-state index contributed by atoms with van der Waals surface area (Å²) in [6, 6.07) is 7.66. The van der Waals surface area contributed by atoms with E-state index in [1.165, 1.54) is 0 Å². The molecule has 0 bridgehead atoms. The van der Waals surface area contributed by atoms with Crippen LogP contribution in [0.1, 0.15) is 24.8 Å². The Kier molecular flexibility index (Phi) is 8.47. The van der Waals surface area contributed by atoms with Gasteiger partial charge in [0.15, 0.2) is 0 Å². The van der Waals surface area contributed by atoms with Crippen LogP contribution in [0.4, 0.5) is 0 Å². The molecule has 118 valence electrons. The first-order valence-electron chi connectivity index (χ1n) is 7.35. The van der Waals surface area contributed by atoms with Gasteiger partial charge < -0.3 is 15.2 Å². The number of ether oxygens (including phenoxy) is 1. The van der Waals surface area contributed by atoms with Gasteiger partial charge in [0.25, 0.3) is 0 Å². The number of carbonyl (C=O) groups excluding carboxylic acids is 1. The van der Waals surface area contributed by atoms with Gasteiger partial charge in [-0.15, -0.1) is 0 Å². The fraction of sp³-hybridized carbons (Fsp3) is 0.562. The van der Waals surface area contributed by atoms with Crippen molar-refractivity contribution in [2.45, 2.75) is 25.8 Å². The van der Waals surface area contributed by atoms with Crippen LogP contribution in [0.15, 0.2) is 24.3 Å². The molecule has 0 unspecified atom stereocenters. The number of methoxy groups -OCH3 is 1. The first-order valence-corrected chi connectivity index (χ1v) is 7.35. The van der Waals surface area contributed by atoms with E-state index in [0.717, 1.165) is 37.1 Å². The average Bonchev–Trinajstić information content (AvgIpc) is 2.49. The van der Waals surface area contributed by atoms with Crippen LogP contribution < -0.4 is 10.1 Å². The van der Waals surface area contributed by atoms with Gasteiger partial charge in [0.2, 0.25) is 5.91 Å². The number of unbranched alkanes of at least 4 members (excludes halogenated alkanes) is 2. The highest BCUT2D eigenvalue weighted by Gasteiger charge is 2.07. The zero-order chi connectivity index (χ0) is 15.5. The zero-order valence-corrected chi connectivity index (χ0v) is 13.0. The van der Waals surface area contributed by atoms with Crippen molar-refractivity contribution in [2.75, 3.05) is 33.9 Å². The summed E-state index contributed by atoms with van der Waals surface area (Å²) in [5.74, 6) is 0.792. The number of likely N-dealkylation sites (N-methyl/N-ethyl adjacent to an activating group) is 1. The Morgan fingerprint density at radius 1 is 1.29 bits per heavy atom. The van der Waals surface area contributed by atoms with Gasteiger partial charge >= 0.3 is 0 Å². The second-order valence-corrected chi connectivity index (χ2v) is 5.11. The number of hydrogen-bond donors (Lipinski definition) is 2. The van der Waals surface area contributed by atoms with Crippen molar-refractivity contribution in [1.82, 2.24) is 10.2 Å². The molecular formula is C16H26N2O3. The van der Waals surface area contributed by atoms with E-state index < -0.39 is 0 Å². The number of aliphatic hydroxyl groups excluding tert-OH is 1. The molecule has 0 saturated heterocycles. The number of nitrogens with zero attached hydrogens (tertiary/aromatic N) is 1. The van der Waals surface area contributed by atoms with E-state index in [2.05, 4.69) is 5.32 Å². The van der Waals surface area contributed by atoms with E-state index >= 15 is 0 Å². The van der Waals surface area contributed by atoms with E-state index in [9.17, 15) is 4.79 Å². The predicted molar refractivity (Wildman–Crippen MR) is 83.3 cm³/mol. The van der Waals surface area contributed by atoms with Crippen molar-refractivity contribution in [3.05, 3.63) is 29.8 Å². The van der Waals surface area contributed by atoms with E-state index in [-0.39, 0.29) is 12.5 Å². The summed E-state index contributed by atoms with van der Waals surface area (Å²) in [5, 5.41) is 11.6. The lowest BCUT2D eigenvalue weighted by atomic mass is 10.2. The Labute approximate surface area is 126 Å². The van der Waals surface area contributed by atoms with Gasteiger partial charge in [-0.2, -0.15) is 0 Å². The van der Waals surface area contributed by atoms with Crippen LogP contribution in [-0.2, 0) is 11.3 Å². The molecule has 21 heavy (non-hydrogen) atoms. The molecule has 0 heterocycles. The number of amides is 1. The largest absolute Gasteiger partial charge is 0.496 e. The maximum Gasteiger partial charge on any atom is 0.234 e. The minimum Gasteiger partial charge on any atom is -0.496 e. The number of aliphatic hydroxyl groups is 1. The number of para-hydroxylation sites is 1. The van der Waals surface area contributed by atoms with Gasteiger partial charge in [0.1, 0.15) is 5.75 Å². The smallest absolute Gasteiger partial charge is 0.234 e. The number of nitrogens with one attached hydrogen (secondary N) is 1. The maximum atomic E-state index is 11.9. The molecular weight excluding hydrogens is 268 g/mol. The van der Waals surface area contributed by atoms with Crippen molar-refractivity contribution in [1.29, 1.82) is 0 Å². The van der Waals surface area contributed by atoms with Crippen molar-refractivity contribution in [2.24, 2.45) is 0 Å². The summed E-state index contributed by atoms with van der Waals surface area (Å²) < 4.78 is 5.25. The Balaban J connectivity index is 2.27. The molecule has 0 aliphatic carbocycles. The monoisotopic (exact) mass is 294 g/mol. The Bertz CT molecular complexity index is 424. The minimum absolute atomic E-state index is 0.00515. The molecule has 1 aromatic rings. The summed E-state index contributed by atoms with van der Waals surface area (Å²) in [7, 11) is 3.56. The fourth-order valence-electron chi connectivity index (χ4n) is 2.09. The molecule has 0 aromatic heterocycles. The van der Waals surface area contributed by atoms with Gasteiger partial charge in [0, 0.05) is 18.7 Å². The van der Waals surface area contributed by atoms with E-state index in [1.54, 1.807) is 7.11 Å². The van der Waals surface area contributed by atoms with Crippen LogP contribution in [0, 0.1) is 0 Å². The highest BCUT2D eigenvalue weighted by atomic mass is 16.5. The van der Waals surface area contributed by atoms with Crippen LogP contribution in [0.3, 0.4) is 0 Å². The van der Waals surface area contributed by atoms with Crippen molar-refractivity contribution >= 4 is 5.91 Å². The van der Waals surface area contributed by atoms with Crippen molar-refractivity contribution in [3.8, 4) is 5.75 Å². The van der Waals surface area contributed by atoms with Crippen LogP contribution in [0.25, 0.3) is 0 Å². The van der Waals surface area contributed by atoms with Crippen LogP contribution in [0.2, 0.25) is 0 Å². The molecule has 1 amide bonds. The Morgan fingerprint density at radius 3 is 2.76 bits per heavy atom. The standard InChI is InChI=1S/C16H26N2O3/c1-18(10-6-3-7-11-19)13-16(20)17-12-14-8-4-5-9-15(14)21-2/h4-5,8-9,19H,3,6-7,10-13H2,1-2H3,(H,17,20). The molecule has 1 rings (SSSR count). The van der Waals surface area contributed by atoms with Gasteiger partial charge in [-0.25, -0.2) is 0 Å². The third kappa shape index (κ3) is 7.11. The van der Waals surface area contributed by atoms with E-state index in [4.69, 9.17) is 9.84 Å². The van der Waals surface area contributed by atoms with Crippen molar-refractivity contribution < 1.29 is 14.6 Å². The van der Waals surface area contributed by atoms with Gasteiger partial charge in [-0.3, -0.25) is 9.69 Å². The molecule has 0 aliphatic rings. The predicted octanol–water partition coefficient (Wildman–Crippen LogP) is 1.41. The summed E-state index contributed by atoms with van der Waals surface area (Å²) in [6.45, 7) is 1.96. The topological polar surface area (TPSA) is 61.8 Å². The maximum absolute atomic E-state index is 11.9. The SMILES string of the molecule is COc1ccccc1CNC(=O)CN(C)CCCCCO. The molecule has 0 aliphatic heterocycles. The van der Waals surface area contributed by atoms with Crippen LogP contribution >= 0.6 is 0 Å². The number of carbonyl (C=O) groups is 1. The van der Waals surface area contributed by atoms with Gasteiger partial charge in [0.05, 0.1) is 13.7 Å². The number of rotatable bonds is 10. The number of benzene rings is 1. The number of hydrogen-bond acceptors (Lipinski definition) is 4. The molecule has 5 heteroatoms. The first kappa shape index (κ1) is 17.5. The van der Waals surface area contributed by atoms with Crippen molar-refractivity contribution in [3.63, 3.8) is 0 Å². The first-order chi connectivity index (χ1) is 10.2. The molecule has 0 fully saturated rings. The minimum atomic E-state index is 0.00515. The highest BCUT2D eigenvalue weighted by Crippen LogP contribution is 2.16. The summed E-state index contributed by atoms with van der Waals surface area (Å²) in [5.41, 5.74) is 0.971. The van der Waals surface area contributed by atoms with Crippen LogP contribution in [-0.4, -0.2) is 49.8 Å². The van der Waals surface area contributed by atoms with Crippen LogP contribution in [0.5, 0.6) is 5.75 Å². The quantitative estimate of drug-likeness (QED) is 0.641. The van der Waals surface area contributed by atoms with Gasteiger partial charge in [-0.1, -0.05) is 18.2 Å². The molecule has 0 spiro atoms. The van der Waals surface area contributed by atoms with E-state index in [0.29, 0.717) is 13.1 Å². The molecule has 2 N–H and O–H groups in total. The summed E-state index contributed by atoms with van der Waals surface area (Å²) in [6.07, 6.45) is 2.81.